The van der Waals surface area contributed by atoms with Crippen LogP contribution in [0.2, 0.25) is 0 Å². The summed E-state index contributed by atoms with van der Waals surface area (Å²) in [7, 11) is 3.33. The molecule has 94 valence electrons. The van der Waals surface area contributed by atoms with Crippen LogP contribution in [0.15, 0.2) is 30.9 Å². The van der Waals surface area contributed by atoms with Crippen LogP contribution in [0.3, 0.4) is 0 Å². The van der Waals surface area contributed by atoms with E-state index in [1.165, 1.54) is 0 Å². The highest BCUT2D eigenvalue weighted by molar-refractivity contribution is 5.48. The Bertz CT molecular complexity index is 341. The largest absolute Gasteiger partial charge is 0.496 e. The van der Waals surface area contributed by atoms with Crippen LogP contribution in [0.5, 0.6) is 11.5 Å². The second kappa shape index (κ2) is 6.97. The van der Waals surface area contributed by atoms with E-state index in [1.807, 2.05) is 24.3 Å². The van der Waals surface area contributed by atoms with Gasteiger partial charge in [-0.25, -0.2) is 0 Å². The summed E-state index contributed by atoms with van der Waals surface area (Å²) in [5.74, 6) is 1.63. The van der Waals surface area contributed by atoms with Gasteiger partial charge in [0.2, 0.25) is 0 Å². The van der Waals surface area contributed by atoms with Crippen molar-refractivity contribution in [1.29, 1.82) is 0 Å². The van der Waals surface area contributed by atoms with Crippen LogP contribution in [-0.4, -0.2) is 20.8 Å². The van der Waals surface area contributed by atoms with Gasteiger partial charge in [0.05, 0.1) is 25.8 Å². The zero-order valence-electron chi connectivity index (χ0n) is 10.8. The molecule has 0 heterocycles. The van der Waals surface area contributed by atoms with Gasteiger partial charge in [-0.3, -0.25) is 0 Å². The van der Waals surface area contributed by atoms with Crippen molar-refractivity contribution in [3.8, 4) is 11.5 Å². The number of hydrogen-bond donors (Lipinski definition) is 1. The molecule has 1 unspecified atom stereocenters. The first-order valence-corrected chi connectivity index (χ1v) is 5.85. The van der Waals surface area contributed by atoms with Crippen molar-refractivity contribution in [3.63, 3.8) is 0 Å². The summed E-state index contributed by atoms with van der Waals surface area (Å²) in [6, 6.07) is 5.83. The standard InChI is InChI=1S/C14H21NO2/c1-5-10-15-11(6-2)14-12(16-3)8-7-9-13(14)17-4/h6-9,11,15H,2,5,10H2,1,3-4H3. The molecule has 3 nitrogen and oxygen atoms in total. The average Bonchev–Trinajstić information content (AvgIpc) is 2.39. The van der Waals surface area contributed by atoms with E-state index >= 15 is 0 Å². The van der Waals surface area contributed by atoms with Crippen molar-refractivity contribution in [1.82, 2.24) is 5.32 Å². The molecule has 1 aromatic rings. The van der Waals surface area contributed by atoms with Crippen molar-refractivity contribution in [2.45, 2.75) is 19.4 Å². The Labute approximate surface area is 103 Å². The molecule has 1 atom stereocenters. The molecule has 0 aliphatic rings. The highest BCUT2D eigenvalue weighted by atomic mass is 16.5. The van der Waals surface area contributed by atoms with E-state index in [0.29, 0.717) is 0 Å². The summed E-state index contributed by atoms with van der Waals surface area (Å²) >= 11 is 0. The first-order chi connectivity index (χ1) is 8.28. The Morgan fingerprint density at radius 3 is 2.29 bits per heavy atom. The Balaban J connectivity index is 3.10. The lowest BCUT2D eigenvalue weighted by molar-refractivity contribution is 0.378. The van der Waals surface area contributed by atoms with Crippen molar-refractivity contribution in [2.75, 3.05) is 20.8 Å². The predicted octanol–water partition coefficient (Wildman–Crippen LogP) is 2.93. The van der Waals surface area contributed by atoms with Gasteiger partial charge in [-0.2, -0.15) is 0 Å². The van der Waals surface area contributed by atoms with Crippen LogP contribution in [-0.2, 0) is 0 Å². The monoisotopic (exact) mass is 235 g/mol. The molecule has 0 bridgehead atoms. The second-order valence-corrected chi connectivity index (χ2v) is 3.74. The maximum absolute atomic E-state index is 5.38. The molecule has 0 aromatic heterocycles. The summed E-state index contributed by atoms with van der Waals surface area (Å²) in [6.45, 7) is 6.93. The number of methoxy groups -OCH3 is 2. The summed E-state index contributed by atoms with van der Waals surface area (Å²) in [5, 5.41) is 3.41. The minimum Gasteiger partial charge on any atom is -0.496 e. The van der Waals surface area contributed by atoms with Crippen LogP contribution in [0.1, 0.15) is 24.9 Å². The van der Waals surface area contributed by atoms with E-state index in [-0.39, 0.29) is 6.04 Å². The van der Waals surface area contributed by atoms with Gasteiger partial charge in [-0.1, -0.05) is 19.1 Å². The lowest BCUT2D eigenvalue weighted by Crippen LogP contribution is -2.21. The number of benzene rings is 1. The molecule has 0 aliphatic carbocycles. The van der Waals surface area contributed by atoms with E-state index in [2.05, 4.69) is 18.8 Å². The third-order valence-electron chi connectivity index (χ3n) is 2.63. The lowest BCUT2D eigenvalue weighted by atomic mass is 10.0. The fourth-order valence-corrected chi connectivity index (χ4v) is 1.79. The first-order valence-electron chi connectivity index (χ1n) is 5.85. The number of rotatable bonds is 7. The van der Waals surface area contributed by atoms with Gasteiger partial charge in [-0.15, -0.1) is 6.58 Å². The molecule has 0 saturated heterocycles. The molecule has 0 saturated carbocycles. The molecule has 17 heavy (non-hydrogen) atoms. The lowest BCUT2D eigenvalue weighted by Gasteiger charge is -2.20. The Morgan fingerprint density at radius 2 is 1.88 bits per heavy atom. The van der Waals surface area contributed by atoms with Crippen LogP contribution < -0.4 is 14.8 Å². The smallest absolute Gasteiger partial charge is 0.127 e. The fraction of sp³-hybridized carbons (Fsp3) is 0.429. The molecule has 0 aliphatic heterocycles. The molecule has 0 amide bonds. The van der Waals surface area contributed by atoms with Gasteiger partial charge in [0.15, 0.2) is 0 Å². The number of hydrogen-bond acceptors (Lipinski definition) is 3. The molecule has 3 heteroatoms. The highest BCUT2D eigenvalue weighted by Crippen LogP contribution is 2.34. The number of nitrogens with one attached hydrogen (secondary N) is 1. The minimum atomic E-state index is 0.0426. The zero-order valence-corrected chi connectivity index (χ0v) is 10.8. The summed E-state index contributed by atoms with van der Waals surface area (Å²) < 4.78 is 10.8. The van der Waals surface area contributed by atoms with E-state index in [1.54, 1.807) is 14.2 Å². The van der Waals surface area contributed by atoms with Crippen molar-refractivity contribution in [2.24, 2.45) is 0 Å². The predicted molar refractivity (Wildman–Crippen MR) is 70.8 cm³/mol. The normalized spacial score (nSPS) is 11.9. The van der Waals surface area contributed by atoms with Crippen molar-refractivity contribution in [3.05, 3.63) is 36.4 Å². The maximum atomic E-state index is 5.38. The third kappa shape index (κ3) is 3.24. The zero-order chi connectivity index (χ0) is 12.7. The van der Waals surface area contributed by atoms with Crippen molar-refractivity contribution < 1.29 is 9.47 Å². The molecule has 0 spiro atoms. The molecule has 1 rings (SSSR count). The van der Waals surface area contributed by atoms with Crippen LogP contribution >= 0.6 is 0 Å². The van der Waals surface area contributed by atoms with Gasteiger partial charge < -0.3 is 14.8 Å². The van der Waals surface area contributed by atoms with Crippen LogP contribution in [0.25, 0.3) is 0 Å². The molecular weight excluding hydrogens is 214 g/mol. The van der Waals surface area contributed by atoms with E-state index < -0.39 is 0 Å². The molecule has 1 aromatic carbocycles. The van der Waals surface area contributed by atoms with Gasteiger partial charge in [-0.05, 0) is 25.1 Å². The third-order valence-corrected chi connectivity index (χ3v) is 2.63. The number of ether oxygens (including phenoxy) is 2. The fourth-order valence-electron chi connectivity index (χ4n) is 1.79. The topological polar surface area (TPSA) is 30.5 Å². The maximum Gasteiger partial charge on any atom is 0.127 e. The van der Waals surface area contributed by atoms with Crippen LogP contribution in [0, 0.1) is 0 Å². The second-order valence-electron chi connectivity index (χ2n) is 3.74. The Kier molecular flexibility index (Phi) is 5.57. The quantitative estimate of drug-likeness (QED) is 0.737. The Hall–Kier alpha value is -1.48. The van der Waals surface area contributed by atoms with Gasteiger partial charge >= 0.3 is 0 Å². The van der Waals surface area contributed by atoms with Crippen LogP contribution in [0.4, 0.5) is 0 Å². The SMILES string of the molecule is C=CC(NCCC)c1c(OC)cccc1OC. The van der Waals surface area contributed by atoms with E-state index in [0.717, 1.165) is 30.0 Å². The first kappa shape index (κ1) is 13.6. The molecule has 0 fully saturated rings. The van der Waals surface area contributed by atoms with E-state index in [4.69, 9.17) is 9.47 Å². The van der Waals surface area contributed by atoms with Gasteiger partial charge in [0, 0.05) is 0 Å². The minimum absolute atomic E-state index is 0.0426. The molecule has 0 radical (unpaired) electrons. The molecular formula is C14H21NO2. The highest BCUT2D eigenvalue weighted by Gasteiger charge is 2.17. The average molecular weight is 235 g/mol. The van der Waals surface area contributed by atoms with E-state index in [9.17, 15) is 0 Å². The van der Waals surface area contributed by atoms with Gasteiger partial charge in [0.1, 0.15) is 11.5 Å². The molecule has 1 N–H and O–H groups in total. The van der Waals surface area contributed by atoms with Crippen molar-refractivity contribution >= 4 is 0 Å². The summed E-state index contributed by atoms with van der Waals surface area (Å²) in [6.07, 6.45) is 2.94. The summed E-state index contributed by atoms with van der Waals surface area (Å²) in [4.78, 5) is 0. The van der Waals surface area contributed by atoms with Gasteiger partial charge in [0.25, 0.3) is 0 Å². The summed E-state index contributed by atoms with van der Waals surface area (Å²) in [5.41, 5.74) is 1.00. The Morgan fingerprint density at radius 1 is 1.29 bits per heavy atom.